The number of aromatic amines is 1. The van der Waals surface area contributed by atoms with Gasteiger partial charge in [0.1, 0.15) is 11.6 Å². The highest BCUT2D eigenvalue weighted by Crippen LogP contribution is 2.23. The van der Waals surface area contributed by atoms with Crippen molar-refractivity contribution in [2.24, 2.45) is 0 Å². The largest absolute Gasteiger partial charge is 0.496 e. The number of aromatic nitrogens is 2. The van der Waals surface area contributed by atoms with Gasteiger partial charge in [0.15, 0.2) is 0 Å². The standard InChI is InChI=1S/C14H17N3O2/c1-9-6-10(4-5-12(9)19-3)13-16-8-11(7-15-2)14(18)17-13/h4-6,8,15H,7H2,1-3H3,(H,16,17,18). The summed E-state index contributed by atoms with van der Waals surface area (Å²) < 4.78 is 5.21. The van der Waals surface area contributed by atoms with Crippen molar-refractivity contribution in [1.29, 1.82) is 0 Å². The van der Waals surface area contributed by atoms with Crippen molar-refractivity contribution in [3.63, 3.8) is 0 Å². The molecule has 0 atom stereocenters. The van der Waals surface area contributed by atoms with E-state index in [2.05, 4.69) is 15.3 Å². The van der Waals surface area contributed by atoms with Gasteiger partial charge in [-0.3, -0.25) is 4.79 Å². The minimum Gasteiger partial charge on any atom is -0.496 e. The maximum atomic E-state index is 11.9. The highest BCUT2D eigenvalue weighted by Gasteiger charge is 2.06. The van der Waals surface area contributed by atoms with Crippen LogP contribution in [0.15, 0.2) is 29.2 Å². The van der Waals surface area contributed by atoms with Crippen LogP contribution in [0.1, 0.15) is 11.1 Å². The molecule has 2 N–H and O–H groups in total. The van der Waals surface area contributed by atoms with Gasteiger partial charge in [0.25, 0.3) is 5.56 Å². The molecule has 0 bridgehead atoms. The minimum absolute atomic E-state index is 0.118. The van der Waals surface area contributed by atoms with Crippen LogP contribution in [0.25, 0.3) is 11.4 Å². The number of benzene rings is 1. The lowest BCUT2D eigenvalue weighted by molar-refractivity contribution is 0.412. The number of methoxy groups -OCH3 is 1. The lowest BCUT2D eigenvalue weighted by atomic mass is 10.1. The number of H-pyrrole nitrogens is 1. The highest BCUT2D eigenvalue weighted by molar-refractivity contribution is 5.58. The Bertz CT molecular complexity index is 635. The van der Waals surface area contributed by atoms with E-state index >= 15 is 0 Å². The van der Waals surface area contributed by atoms with Gasteiger partial charge in [-0.2, -0.15) is 0 Å². The number of nitrogens with one attached hydrogen (secondary N) is 2. The van der Waals surface area contributed by atoms with E-state index in [1.54, 1.807) is 20.4 Å². The van der Waals surface area contributed by atoms with Crippen molar-refractivity contribution in [2.45, 2.75) is 13.5 Å². The molecule has 0 aliphatic rings. The van der Waals surface area contributed by atoms with Crippen molar-refractivity contribution < 1.29 is 4.74 Å². The second kappa shape index (κ2) is 5.67. The van der Waals surface area contributed by atoms with E-state index in [9.17, 15) is 4.79 Å². The summed E-state index contributed by atoms with van der Waals surface area (Å²) in [5.74, 6) is 1.38. The zero-order valence-electron chi connectivity index (χ0n) is 11.3. The first-order valence-corrected chi connectivity index (χ1v) is 6.03. The van der Waals surface area contributed by atoms with E-state index in [4.69, 9.17) is 4.74 Å². The van der Waals surface area contributed by atoms with Crippen molar-refractivity contribution in [2.75, 3.05) is 14.2 Å². The molecule has 0 aliphatic carbocycles. The Labute approximate surface area is 111 Å². The summed E-state index contributed by atoms with van der Waals surface area (Å²) in [4.78, 5) is 18.9. The van der Waals surface area contributed by atoms with Gasteiger partial charge in [0, 0.05) is 23.9 Å². The molecule has 100 valence electrons. The van der Waals surface area contributed by atoms with Crippen LogP contribution in [0.5, 0.6) is 5.75 Å². The van der Waals surface area contributed by atoms with Crippen LogP contribution in [0.2, 0.25) is 0 Å². The molecule has 0 fully saturated rings. The molecule has 1 aromatic carbocycles. The summed E-state index contributed by atoms with van der Waals surface area (Å²) >= 11 is 0. The van der Waals surface area contributed by atoms with Gasteiger partial charge in [0.2, 0.25) is 0 Å². The number of rotatable bonds is 4. The molecular formula is C14H17N3O2. The Balaban J connectivity index is 2.39. The summed E-state index contributed by atoms with van der Waals surface area (Å²) in [6, 6.07) is 5.68. The zero-order valence-corrected chi connectivity index (χ0v) is 11.3. The minimum atomic E-state index is -0.118. The van der Waals surface area contributed by atoms with Gasteiger partial charge in [-0.05, 0) is 37.7 Å². The Morgan fingerprint density at radius 3 is 2.79 bits per heavy atom. The quantitative estimate of drug-likeness (QED) is 0.872. The molecule has 0 spiro atoms. The molecule has 2 aromatic rings. The molecule has 0 aliphatic heterocycles. The third-order valence-corrected chi connectivity index (χ3v) is 2.91. The molecular weight excluding hydrogens is 242 g/mol. The van der Waals surface area contributed by atoms with E-state index in [1.807, 2.05) is 25.1 Å². The monoisotopic (exact) mass is 259 g/mol. The predicted octanol–water partition coefficient (Wildman–Crippen LogP) is 1.47. The zero-order chi connectivity index (χ0) is 13.8. The Morgan fingerprint density at radius 2 is 2.21 bits per heavy atom. The molecule has 1 aromatic heterocycles. The third-order valence-electron chi connectivity index (χ3n) is 2.91. The fourth-order valence-electron chi connectivity index (χ4n) is 1.91. The fraction of sp³-hybridized carbons (Fsp3) is 0.286. The summed E-state index contributed by atoms with van der Waals surface area (Å²) in [6.07, 6.45) is 1.60. The smallest absolute Gasteiger partial charge is 0.255 e. The lowest BCUT2D eigenvalue weighted by Gasteiger charge is -2.07. The maximum absolute atomic E-state index is 11.9. The molecule has 0 unspecified atom stereocenters. The van der Waals surface area contributed by atoms with Crippen LogP contribution in [-0.2, 0) is 6.54 Å². The summed E-state index contributed by atoms with van der Waals surface area (Å²) in [5, 5.41) is 2.93. The average Bonchev–Trinajstić information content (AvgIpc) is 2.41. The van der Waals surface area contributed by atoms with Crippen LogP contribution in [-0.4, -0.2) is 24.1 Å². The summed E-state index contributed by atoms with van der Waals surface area (Å²) in [5.41, 5.74) is 2.37. The molecule has 2 rings (SSSR count). The first-order valence-electron chi connectivity index (χ1n) is 6.03. The number of hydrogen-bond donors (Lipinski definition) is 2. The summed E-state index contributed by atoms with van der Waals surface area (Å²) in [6.45, 7) is 2.46. The highest BCUT2D eigenvalue weighted by atomic mass is 16.5. The number of nitrogens with zero attached hydrogens (tertiary/aromatic N) is 1. The number of ether oxygens (including phenoxy) is 1. The van der Waals surface area contributed by atoms with Crippen molar-refractivity contribution in [3.8, 4) is 17.1 Å². The van der Waals surface area contributed by atoms with Gasteiger partial charge >= 0.3 is 0 Å². The molecule has 0 saturated carbocycles. The van der Waals surface area contributed by atoms with E-state index in [0.29, 0.717) is 17.9 Å². The normalized spacial score (nSPS) is 10.5. The molecule has 19 heavy (non-hydrogen) atoms. The lowest BCUT2D eigenvalue weighted by Crippen LogP contribution is -2.19. The second-order valence-corrected chi connectivity index (χ2v) is 4.30. The number of hydrogen-bond acceptors (Lipinski definition) is 4. The van der Waals surface area contributed by atoms with Gasteiger partial charge in [-0.15, -0.1) is 0 Å². The SMILES string of the molecule is CNCc1cnc(-c2ccc(OC)c(C)c2)[nH]c1=O. The van der Waals surface area contributed by atoms with Crippen molar-refractivity contribution >= 4 is 0 Å². The van der Waals surface area contributed by atoms with Crippen molar-refractivity contribution in [3.05, 3.63) is 45.9 Å². The van der Waals surface area contributed by atoms with E-state index < -0.39 is 0 Å². The second-order valence-electron chi connectivity index (χ2n) is 4.30. The Hall–Kier alpha value is -2.14. The Morgan fingerprint density at radius 1 is 1.42 bits per heavy atom. The van der Waals surface area contributed by atoms with Gasteiger partial charge in [-0.25, -0.2) is 4.98 Å². The van der Waals surface area contributed by atoms with Crippen LogP contribution < -0.4 is 15.6 Å². The topological polar surface area (TPSA) is 67.0 Å². The molecule has 5 heteroatoms. The molecule has 0 radical (unpaired) electrons. The maximum Gasteiger partial charge on any atom is 0.255 e. The van der Waals surface area contributed by atoms with Crippen molar-refractivity contribution in [1.82, 2.24) is 15.3 Å². The fourth-order valence-corrected chi connectivity index (χ4v) is 1.91. The van der Waals surface area contributed by atoms with Crippen LogP contribution >= 0.6 is 0 Å². The van der Waals surface area contributed by atoms with E-state index in [1.165, 1.54) is 0 Å². The van der Waals surface area contributed by atoms with Crippen LogP contribution in [0.4, 0.5) is 0 Å². The predicted molar refractivity (Wildman–Crippen MR) is 74.3 cm³/mol. The number of aryl methyl sites for hydroxylation is 1. The van der Waals surface area contributed by atoms with Gasteiger partial charge < -0.3 is 15.0 Å². The van der Waals surface area contributed by atoms with Crippen LogP contribution in [0.3, 0.4) is 0 Å². The van der Waals surface area contributed by atoms with E-state index in [0.717, 1.165) is 16.9 Å². The molecule has 0 amide bonds. The van der Waals surface area contributed by atoms with Gasteiger partial charge in [-0.1, -0.05) is 0 Å². The first-order chi connectivity index (χ1) is 9.15. The first kappa shape index (κ1) is 13.3. The van der Waals surface area contributed by atoms with Crippen LogP contribution in [0, 0.1) is 6.92 Å². The summed E-state index contributed by atoms with van der Waals surface area (Å²) in [7, 11) is 3.43. The molecule has 1 heterocycles. The molecule has 0 saturated heterocycles. The van der Waals surface area contributed by atoms with Gasteiger partial charge in [0.05, 0.1) is 7.11 Å². The third kappa shape index (κ3) is 2.82. The molecule has 5 nitrogen and oxygen atoms in total. The van der Waals surface area contributed by atoms with E-state index in [-0.39, 0.29) is 5.56 Å². The average molecular weight is 259 g/mol. The Kier molecular flexibility index (Phi) is 3.97.